The van der Waals surface area contributed by atoms with Crippen LogP contribution in [0.15, 0.2) is 24.3 Å². The molecular formula is C17H27N3O2. The molecule has 1 heterocycles. The van der Waals surface area contributed by atoms with Crippen molar-refractivity contribution in [3.05, 3.63) is 35.4 Å². The van der Waals surface area contributed by atoms with Crippen LogP contribution in [0.1, 0.15) is 30.0 Å². The van der Waals surface area contributed by atoms with Gasteiger partial charge in [-0.25, -0.2) is 0 Å². The number of nitrogens with two attached hydrogens (primary N) is 1. The monoisotopic (exact) mass is 305 g/mol. The molecule has 0 spiro atoms. The van der Waals surface area contributed by atoms with E-state index in [4.69, 9.17) is 10.5 Å². The van der Waals surface area contributed by atoms with Gasteiger partial charge in [-0.05, 0) is 38.4 Å². The second kappa shape index (κ2) is 7.72. The minimum atomic E-state index is -0.623. The standard InChI is InChI=1S/C17H27N3O2/c1-13-3-5-14(6-4-13)15(18)16(21)20-11-17(12-22-2)7-9-19-10-8-17/h3-6,15,19H,7-12,18H2,1-2H3,(H,20,21). The number of carbonyl (C=O) groups is 1. The first-order chi connectivity index (χ1) is 10.6. The van der Waals surface area contributed by atoms with Crippen molar-refractivity contribution in [3.8, 4) is 0 Å². The molecule has 1 aromatic rings. The van der Waals surface area contributed by atoms with Crippen LogP contribution in [-0.2, 0) is 9.53 Å². The Kier molecular flexibility index (Phi) is 5.94. The quantitative estimate of drug-likeness (QED) is 0.736. The number of rotatable bonds is 6. The summed E-state index contributed by atoms with van der Waals surface area (Å²) < 4.78 is 5.36. The number of hydrogen-bond acceptors (Lipinski definition) is 4. The molecule has 5 heteroatoms. The second-order valence-electron chi connectivity index (χ2n) is 6.29. The first-order valence-electron chi connectivity index (χ1n) is 7.86. The van der Waals surface area contributed by atoms with E-state index >= 15 is 0 Å². The van der Waals surface area contributed by atoms with E-state index in [2.05, 4.69) is 10.6 Å². The van der Waals surface area contributed by atoms with E-state index in [1.807, 2.05) is 31.2 Å². The lowest BCUT2D eigenvalue weighted by molar-refractivity contribution is -0.123. The van der Waals surface area contributed by atoms with Gasteiger partial charge < -0.3 is 21.1 Å². The van der Waals surface area contributed by atoms with Crippen molar-refractivity contribution in [2.45, 2.75) is 25.8 Å². The number of benzene rings is 1. The molecule has 0 bridgehead atoms. The van der Waals surface area contributed by atoms with E-state index in [0.29, 0.717) is 13.2 Å². The Morgan fingerprint density at radius 3 is 2.59 bits per heavy atom. The summed E-state index contributed by atoms with van der Waals surface area (Å²) in [5.74, 6) is -0.127. The number of piperidine rings is 1. The third kappa shape index (κ3) is 4.29. The van der Waals surface area contributed by atoms with Gasteiger partial charge in [0.2, 0.25) is 5.91 Å². The Balaban J connectivity index is 1.94. The third-order valence-electron chi connectivity index (χ3n) is 4.47. The summed E-state index contributed by atoms with van der Waals surface area (Å²) in [6.07, 6.45) is 2.00. The van der Waals surface area contributed by atoms with Gasteiger partial charge in [-0.3, -0.25) is 4.79 Å². The molecule has 0 radical (unpaired) electrons. The summed E-state index contributed by atoms with van der Waals surface area (Å²) >= 11 is 0. The maximum Gasteiger partial charge on any atom is 0.241 e. The van der Waals surface area contributed by atoms with Gasteiger partial charge in [-0.2, -0.15) is 0 Å². The zero-order chi connectivity index (χ0) is 16.0. The van der Waals surface area contributed by atoms with E-state index in [1.165, 1.54) is 0 Å². The van der Waals surface area contributed by atoms with Crippen LogP contribution >= 0.6 is 0 Å². The van der Waals surface area contributed by atoms with Crippen LogP contribution in [0.25, 0.3) is 0 Å². The highest BCUT2D eigenvalue weighted by molar-refractivity contribution is 5.82. The van der Waals surface area contributed by atoms with Crippen LogP contribution < -0.4 is 16.4 Å². The van der Waals surface area contributed by atoms with E-state index < -0.39 is 6.04 Å². The Morgan fingerprint density at radius 2 is 2.00 bits per heavy atom. The minimum Gasteiger partial charge on any atom is -0.384 e. The Hall–Kier alpha value is -1.43. The van der Waals surface area contributed by atoms with Crippen LogP contribution in [0.3, 0.4) is 0 Å². The number of nitrogens with one attached hydrogen (secondary N) is 2. The van der Waals surface area contributed by atoms with Gasteiger partial charge in [0.05, 0.1) is 6.61 Å². The smallest absolute Gasteiger partial charge is 0.241 e. The molecule has 0 saturated carbocycles. The molecule has 1 fully saturated rings. The topological polar surface area (TPSA) is 76.4 Å². The number of aryl methyl sites for hydroxylation is 1. The lowest BCUT2D eigenvalue weighted by Gasteiger charge is -2.37. The Bertz CT molecular complexity index is 476. The third-order valence-corrected chi connectivity index (χ3v) is 4.47. The molecule has 122 valence electrons. The largest absolute Gasteiger partial charge is 0.384 e. The minimum absolute atomic E-state index is 0.0165. The molecule has 1 unspecified atom stereocenters. The van der Waals surface area contributed by atoms with Crippen molar-refractivity contribution < 1.29 is 9.53 Å². The second-order valence-corrected chi connectivity index (χ2v) is 6.29. The summed E-state index contributed by atoms with van der Waals surface area (Å²) in [5.41, 5.74) is 8.08. The lowest BCUT2D eigenvalue weighted by Crippen LogP contribution is -2.48. The van der Waals surface area contributed by atoms with Crippen molar-refractivity contribution in [1.29, 1.82) is 0 Å². The van der Waals surface area contributed by atoms with Crippen molar-refractivity contribution in [2.75, 3.05) is 33.4 Å². The fourth-order valence-corrected chi connectivity index (χ4v) is 2.95. The molecule has 1 aliphatic rings. The average molecular weight is 305 g/mol. The van der Waals surface area contributed by atoms with Gasteiger partial charge >= 0.3 is 0 Å². The summed E-state index contributed by atoms with van der Waals surface area (Å²) in [5, 5.41) is 6.37. The predicted octanol–water partition coefficient (Wildman–Crippen LogP) is 1.13. The Morgan fingerprint density at radius 1 is 1.36 bits per heavy atom. The highest BCUT2D eigenvalue weighted by Crippen LogP contribution is 2.28. The molecule has 1 atom stereocenters. The van der Waals surface area contributed by atoms with Crippen molar-refractivity contribution in [1.82, 2.24) is 10.6 Å². The van der Waals surface area contributed by atoms with Gasteiger partial charge in [0.25, 0.3) is 0 Å². The number of ether oxygens (including phenoxy) is 1. The molecular weight excluding hydrogens is 278 g/mol. The summed E-state index contributed by atoms with van der Waals surface area (Å²) in [4.78, 5) is 12.3. The van der Waals surface area contributed by atoms with Crippen molar-refractivity contribution in [2.24, 2.45) is 11.1 Å². The zero-order valence-corrected chi connectivity index (χ0v) is 13.5. The van der Waals surface area contributed by atoms with E-state index in [1.54, 1.807) is 7.11 Å². The van der Waals surface area contributed by atoms with Crippen LogP contribution in [0.5, 0.6) is 0 Å². The molecule has 1 amide bonds. The van der Waals surface area contributed by atoms with Gasteiger partial charge in [0.1, 0.15) is 6.04 Å². The molecule has 1 saturated heterocycles. The number of amides is 1. The highest BCUT2D eigenvalue weighted by Gasteiger charge is 2.33. The summed E-state index contributed by atoms with van der Waals surface area (Å²) in [6, 6.07) is 7.15. The summed E-state index contributed by atoms with van der Waals surface area (Å²) in [6.45, 7) is 5.21. The highest BCUT2D eigenvalue weighted by atomic mass is 16.5. The molecule has 5 nitrogen and oxygen atoms in total. The molecule has 1 aliphatic heterocycles. The number of methoxy groups -OCH3 is 1. The Labute approximate surface area is 132 Å². The van der Waals surface area contributed by atoms with Crippen LogP contribution in [0, 0.1) is 12.3 Å². The normalized spacial score (nSPS) is 18.7. The fraction of sp³-hybridized carbons (Fsp3) is 0.588. The molecule has 2 rings (SSSR count). The van der Waals surface area contributed by atoms with Gasteiger partial charge in [-0.15, -0.1) is 0 Å². The van der Waals surface area contributed by atoms with Crippen LogP contribution in [-0.4, -0.2) is 39.3 Å². The van der Waals surface area contributed by atoms with Crippen molar-refractivity contribution >= 4 is 5.91 Å². The van der Waals surface area contributed by atoms with Gasteiger partial charge in [0.15, 0.2) is 0 Å². The number of carbonyl (C=O) groups excluding carboxylic acids is 1. The van der Waals surface area contributed by atoms with E-state index in [-0.39, 0.29) is 11.3 Å². The van der Waals surface area contributed by atoms with Crippen molar-refractivity contribution in [3.63, 3.8) is 0 Å². The van der Waals surface area contributed by atoms with Crippen LogP contribution in [0.2, 0.25) is 0 Å². The zero-order valence-electron chi connectivity index (χ0n) is 13.5. The van der Waals surface area contributed by atoms with E-state index in [0.717, 1.165) is 37.1 Å². The van der Waals surface area contributed by atoms with E-state index in [9.17, 15) is 4.79 Å². The predicted molar refractivity (Wildman–Crippen MR) is 87.5 cm³/mol. The number of hydrogen-bond donors (Lipinski definition) is 3. The molecule has 0 aliphatic carbocycles. The van der Waals surface area contributed by atoms with Gasteiger partial charge in [0, 0.05) is 19.1 Å². The van der Waals surface area contributed by atoms with Crippen LogP contribution in [0.4, 0.5) is 0 Å². The maximum atomic E-state index is 12.3. The molecule has 4 N–H and O–H groups in total. The fourth-order valence-electron chi connectivity index (χ4n) is 2.95. The SMILES string of the molecule is COCC1(CNC(=O)C(N)c2ccc(C)cc2)CCNCC1. The first-order valence-corrected chi connectivity index (χ1v) is 7.86. The summed E-state index contributed by atoms with van der Waals surface area (Å²) in [7, 11) is 1.71. The first kappa shape index (κ1) is 16.9. The molecule has 22 heavy (non-hydrogen) atoms. The maximum absolute atomic E-state index is 12.3. The van der Waals surface area contributed by atoms with Gasteiger partial charge in [-0.1, -0.05) is 29.8 Å². The molecule has 0 aromatic heterocycles. The molecule has 1 aromatic carbocycles. The lowest BCUT2D eigenvalue weighted by atomic mass is 9.79. The average Bonchev–Trinajstić information content (AvgIpc) is 2.54.